The maximum Gasteiger partial charge on any atom is 0.218 e. The van der Waals surface area contributed by atoms with E-state index in [2.05, 4.69) is 34.4 Å². The van der Waals surface area contributed by atoms with Crippen molar-refractivity contribution in [3.63, 3.8) is 0 Å². The highest BCUT2D eigenvalue weighted by Gasteiger charge is 2.18. The van der Waals surface area contributed by atoms with Crippen LogP contribution in [0.5, 0.6) is 5.88 Å². The van der Waals surface area contributed by atoms with Crippen molar-refractivity contribution in [2.24, 2.45) is 0 Å². The molecule has 2 atom stereocenters. The Hall–Kier alpha value is -1.36. The molecule has 0 amide bonds. The third-order valence-electron chi connectivity index (χ3n) is 3.07. The Labute approximate surface area is 108 Å². The van der Waals surface area contributed by atoms with E-state index in [1.54, 1.807) is 6.33 Å². The lowest BCUT2D eigenvalue weighted by atomic mass is 10.0. The summed E-state index contributed by atoms with van der Waals surface area (Å²) >= 11 is 0. The van der Waals surface area contributed by atoms with E-state index in [0.29, 0.717) is 24.6 Å². The summed E-state index contributed by atoms with van der Waals surface area (Å²) in [5, 5.41) is 6.90. The van der Waals surface area contributed by atoms with Crippen LogP contribution in [0.15, 0.2) is 12.4 Å². The molecular weight excluding hydrogens is 228 g/mol. The normalized spacial score (nSPS) is 23.7. The topological polar surface area (TPSA) is 59.1 Å². The molecule has 5 heteroatoms. The van der Waals surface area contributed by atoms with Gasteiger partial charge in [0.1, 0.15) is 12.1 Å². The van der Waals surface area contributed by atoms with E-state index in [0.717, 1.165) is 31.6 Å². The zero-order chi connectivity index (χ0) is 12.8. The van der Waals surface area contributed by atoms with Crippen molar-refractivity contribution in [1.29, 1.82) is 0 Å². The van der Waals surface area contributed by atoms with Crippen LogP contribution in [-0.4, -0.2) is 35.2 Å². The van der Waals surface area contributed by atoms with E-state index in [9.17, 15) is 0 Å². The summed E-state index contributed by atoms with van der Waals surface area (Å²) in [4.78, 5) is 8.34. The molecule has 1 aliphatic heterocycles. The highest BCUT2D eigenvalue weighted by molar-refractivity contribution is 5.38. The Morgan fingerprint density at radius 1 is 1.50 bits per heavy atom. The van der Waals surface area contributed by atoms with E-state index in [4.69, 9.17) is 4.74 Å². The summed E-state index contributed by atoms with van der Waals surface area (Å²) in [5.74, 6) is 1.51. The van der Waals surface area contributed by atoms with E-state index in [-0.39, 0.29) is 0 Å². The quantitative estimate of drug-likeness (QED) is 0.834. The SMILES string of the molecule is CCCOc1cc(NC2CCNC(C)C2)ncn1. The highest BCUT2D eigenvalue weighted by atomic mass is 16.5. The molecule has 0 radical (unpaired) electrons. The van der Waals surface area contributed by atoms with Crippen molar-refractivity contribution in [3.8, 4) is 5.88 Å². The third kappa shape index (κ3) is 3.84. The minimum atomic E-state index is 0.482. The zero-order valence-corrected chi connectivity index (χ0v) is 11.1. The summed E-state index contributed by atoms with van der Waals surface area (Å²) in [6.45, 7) is 6.05. The predicted molar refractivity (Wildman–Crippen MR) is 71.9 cm³/mol. The third-order valence-corrected chi connectivity index (χ3v) is 3.07. The molecule has 0 saturated carbocycles. The zero-order valence-electron chi connectivity index (χ0n) is 11.1. The van der Waals surface area contributed by atoms with Crippen LogP contribution < -0.4 is 15.4 Å². The van der Waals surface area contributed by atoms with Crippen LogP contribution in [0.2, 0.25) is 0 Å². The molecule has 5 nitrogen and oxygen atoms in total. The first-order valence-corrected chi connectivity index (χ1v) is 6.72. The molecular formula is C13H22N4O. The summed E-state index contributed by atoms with van der Waals surface area (Å²) < 4.78 is 5.50. The number of anilines is 1. The standard InChI is InChI=1S/C13H22N4O/c1-3-6-18-13-8-12(15-9-16-13)17-11-4-5-14-10(2)7-11/h8-11,14H,3-7H2,1-2H3,(H,15,16,17). The molecule has 2 N–H and O–H groups in total. The van der Waals surface area contributed by atoms with Gasteiger partial charge in [0, 0.05) is 18.2 Å². The van der Waals surface area contributed by atoms with E-state index >= 15 is 0 Å². The Kier molecular flexibility index (Phi) is 4.75. The second-order valence-electron chi connectivity index (χ2n) is 4.81. The maximum atomic E-state index is 5.50. The molecule has 0 aromatic carbocycles. The van der Waals surface area contributed by atoms with Crippen molar-refractivity contribution in [2.75, 3.05) is 18.5 Å². The lowest BCUT2D eigenvalue weighted by Crippen LogP contribution is -2.41. The largest absolute Gasteiger partial charge is 0.478 e. The maximum absolute atomic E-state index is 5.50. The van der Waals surface area contributed by atoms with E-state index in [1.165, 1.54) is 0 Å². The molecule has 1 saturated heterocycles. The Balaban J connectivity index is 1.91. The van der Waals surface area contributed by atoms with Crippen LogP contribution in [0.3, 0.4) is 0 Å². The van der Waals surface area contributed by atoms with Crippen LogP contribution >= 0.6 is 0 Å². The van der Waals surface area contributed by atoms with Crippen molar-refractivity contribution < 1.29 is 4.74 Å². The number of ether oxygens (including phenoxy) is 1. The van der Waals surface area contributed by atoms with Crippen molar-refractivity contribution in [1.82, 2.24) is 15.3 Å². The van der Waals surface area contributed by atoms with Crippen LogP contribution in [0.25, 0.3) is 0 Å². The lowest BCUT2D eigenvalue weighted by molar-refractivity contribution is 0.304. The molecule has 1 aromatic heterocycles. The predicted octanol–water partition coefficient (Wildman–Crippen LogP) is 1.82. The van der Waals surface area contributed by atoms with Gasteiger partial charge in [0.25, 0.3) is 0 Å². The summed E-state index contributed by atoms with van der Waals surface area (Å²) in [6.07, 6.45) is 4.78. The minimum absolute atomic E-state index is 0.482. The Bertz CT molecular complexity index is 372. The molecule has 1 fully saturated rings. The van der Waals surface area contributed by atoms with Crippen molar-refractivity contribution >= 4 is 5.82 Å². The van der Waals surface area contributed by atoms with Gasteiger partial charge in [0.15, 0.2) is 0 Å². The number of nitrogens with zero attached hydrogens (tertiary/aromatic N) is 2. The second-order valence-corrected chi connectivity index (χ2v) is 4.81. The molecule has 18 heavy (non-hydrogen) atoms. The van der Waals surface area contributed by atoms with Gasteiger partial charge in [-0.3, -0.25) is 0 Å². The molecule has 2 heterocycles. The fraction of sp³-hybridized carbons (Fsp3) is 0.692. The van der Waals surface area contributed by atoms with Gasteiger partial charge in [-0.2, -0.15) is 0 Å². The van der Waals surface area contributed by atoms with Gasteiger partial charge >= 0.3 is 0 Å². The molecule has 0 spiro atoms. The fourth-order valence-corrected chi connectivity index (χ4v) is 2.18. The minimum Gasteiger partial charge on any atom is -0.478 e. The number of hydrogen-bond donors (Lipinski definition) is 2. The van der Waals surface area contributed by atoms with E-state index in [1.807, 2.05) is 6.07 Å². The summed E-state index contributed by atoms with van der Waals surface area (Å²) in [5.41, 5.74) is 0. The molecule has 0 bridgehead atoms. The lowest BCUT2D eigenvalue weighted by Gasteiger charge is -2.29. The number of nitrogens with one attached hydrogen (secondary N) is 2. The molecule has 1 aromatic rings. The second kappa shape index (κ2) is 6.54. The fourth-order valence-electron chi connectivity index (χ4n) is 2.18. The van der Waals surface area contributed by atoms with Gasteiger partial charge in [-0.05, 0) is 32.7 Å². The average molecular weight is 250 g/mol. The first-order chi connectivity index (χ1) is 8.78. The number of piperidine rings is 1. The monoisotopic (exact) mass is 250 g/mol. The van der Waals surface area contributed by atoms with Gasteiger partial charge in [-0.1, -0.05) is 6.92 Å². The smallest absolute Gasteiger partial charge is 0.218 e. The number of aromatic nitrogens is 2. The van der Waals surface area contributed by atoms with Gasteiger partial charge in [0.05, 0.1) is 6.61 Å². The van der Waals surface area contributed by atoms with Gasteiger partial charge in [0.2, 0.25) is 5.88 Å². The summed E-state index contributed by atoms with van der Waals surface area (Å²) in [6, 6.07) is 2.92. The molecule has 0 aliphatic carbocycles. The van der Waals surface area contributed by atoms with E-state index < -0.39 is 0 Å². The average Bonchev–Trinajstić information content (AvgIpc) is 2.37. The van der Waals surface area contributed by atoms with Gasteiger partial charge in [-0.25, -0.2) is 9.97 Å². The molecule has 2 rings (SSSR count). The van der Waals surface area contributed by atoms with Crippen LogP contribution in [0, 0.1) is 0 Å². The van der Waals surface area contributed by atoms with Crippen LogP contribution in [0.1, 0.15) is 33.1 Å². The van der Waals surface area contributed by atoms with Crippen molar-refractivity contribution in [2.45, 2.75) is 45.2 Å². The van der Waals surface area contributed by atoms with Crippen molar-refractivity contribution in [3.05, 3.63) is 12.4 Å². The highest BCUT2D eigenvalue weighted by Crippen LogP contribution is 2.16. The molecule has 1 aliphatic rings. The Morgan fingerprint density at radius 2 is 2.39 bits per heavy atom. The molecule has 100 valence electrons. The Morgan fingerprint density at radius 3 is 3.17 bits per heavy atom. The van der Waals surface area contributed by atoms with Crippen LogP contribution in [-0.2, 0) is 0 Å². The summed E-state index contributed by atoms with van der Waals surface area (Å²) in [7, 11) is 0. The van der Waals surface area contributed by atoms with Crippen LogP contribution in [0.4, 0.5) is 5.82 Å². The first kappa shape index (κ1) is 13.1. The van der Waals surface area contributed by atoms with Gasteiger partial charge in [-0.15, -0.1) is 0 Å². The van der Waals surface area contributed by atoms with Gasteiger partial charge < -0.3 is 15.4 Å². The molecule has 2 unspecified atom stereocenters. The number of hydrogen-bond acceptors (Lipinski definition) is 5. The number of rotatable bonds is 5. The first-order valence-electron chi connectivity index (χ1n) is 6.72.